The van der Waals surface area contributed by atoms with E-state index >= 15 is 0 Å². The number of nitrogens with one attached hydrogen (secondary N) is 1. The van der Waals surface area contributed by atoms with Gasteiger partial charge in [0, 0.05) is 14.2 Å². The SMILES string of the molecule is CCCNC(c1cc(C)cc(C)c1)c1cc(Br)c(C)s1. The van der Waals surface area contributed by atoms with Gasteiger partial charge in [0.2, 0.25) is 0 Å². The lowest BCUT2D eigenvalue weighted by Gasteiger charge is -2.19. The van der Waals surface area contributed by atoms with Crippen molar-refractivity contribution in [1.29, 1.82) is 0 Å². The molecule has 1 atom stereocenters. The monoisotopic (exact) mass is 351 g/mol. The summed E-state index contributed by atoms with van der Waals surface area (Å²) in [6.07, 6.45) is 1.15. The van der Waals surface area contributed by atoms with E-state index in [4.69, 9.17) is 0 Å². The summed E-state index contributed by atoms with van der Waals surface area (Å²) in [6, 6.07) is 9.37. The molecule has 1 heterocycles. The molecule has 0 aliphatic carbocycles. The maximum absolute atomic E-state index is 3.69. The molecule has 20 heavy (non-hydrogen) atoms. The fourth-order valence-corrected chi connectivity index (χ4v) is 4.14. The second-order valence-electron chi connectivity index (χ2n) is 5.36. The topological polar surface area (TPSA) is 12.0 Å². The molecule has 2 aromatic rings. The van der Waals surface area contributed by atoms with Gasteiger partial charge in [-0.05, 0) is 61.3 Å². The van der Waals surface area contributed by atoms with Crippen LogP contribution in [0.4, 0.5) is 0 Å². The number of halogens is 1. The molecule has 0 radical (unpaired) electrons. The van der Waals surface area contributed by atoms with Crippen molar-refractivity contribution in [2.45, 2.75) is 40.2 Å². The van der Waals surface area contributed by atoms with Gasteiger partial charge in [-0.2, -0.15) is 0 Å². The van der Waals surface area contributed by atoms with Crippen molar-refractivity contribution >= 4 is 27.3 Å². The number of hydrogen-bond acceptors (Lipinski definition) is 2. The Morgan fingerprint density at radius 1 is 1.10 bits per heavy atom. The second-order valence-corrected chi connectivity index (χ2v) is 7.50. The summed E-state index contributed by atoms with van der Waals surface area (Å²) in [7, 11) is 0. The maximum atomic E-state index is 3.69. The van der Waals surface area contributed by atoms with E-state index in [1.54, 1.807) is 0 Å². The van der Waals surface area contributed by atoms with Crippen molar-refractivity contribution in [3.63, 3.8) is 0 Å². The Morgan fingerprint density at radius 3 is 2.25 bits per heavy atom. The summed E-state index contributed by atoms with van der Waals surface area (Å²) >= 11 is 5.51. The zero-order valence-electron chi connectivity index (χ0n) is 12.6. The molecule has 0 aliphatic rings. The van der Waals surface area contributed by atoms with E-state index in [9.17, 15) is 0 Å². The Kier molecular flexibility index (Phi) is 5.42. The summed E-state index contributed by atoms with van der Waals surface area (Å²) < 4.78 is 1.21. The molecule has 0 saturated carbocycles. The number of aryl methyl sites for hydroxylation is 3. The number of hydrogen-bond donors (Lipinski definition) is 1. The molecular formula is C17H22BrNS. The molecule has 1 nitrogen and oxygen atoms in total. The Labute approximate surface area is 134 Å². The lowest BCUT2D eigenvalue weighted by molar-refractivity contribution is 0.605. The normalized spacial score (nSPS) is 12.7. The standard InChI is InChI=1S/C17H22BrNS/c1-5-6-19-17(16-10-15(18)13(4)20-16)14-8-11(2)7-12(3)9-14/h7-10,17,19H,5-6H2,1-4H3. The first kappa shape index (κ1) is 15.7. The predicted molar refractivity (Wildman–Crippen MR) is 92.8 cm³/mol. The highest BCUT2D eigenvalue weighted by atomic mass is 79.9. The zero-order valence-corrected chi connectivity index (χ0v) is 15.0. The first-order valence-electron chi connectivity index (χ1n) is 7.08. The van der Waals surface area contributed by atoms with E-state index in [2.05, 4.69) is 73.2 Å². The van der Waals surface area contributed by atoms with Crippen LogP contribution >= 0.6 is 27.3 Å². The molecule has 0 spiro atoms. The lowest BCUT2D eigenvalue weighted by Crippen LogP contribution is -2.22. The largest absolute Gasteiger partial charge is 0.306 e. The predicted octanol–water partition coefficient (Wildman–Crippen LogP) is 5.52. The second kappa shape index (κ2) is 6.88. The molecule has 1 aromatic heterocycles. The van der Waals surface area contributed by atoms with E-state index in [0.29, 0.717) is 6.04 Å². The maximum Gasteiger partial charge on any atom is 0.0671 e. The minimum Gasteiger partial charge on any atom is -0.306 e. The van der Waals surface area contributed by atoms with Crippen molar-refractivity contribution in [2.24, 2.45) is 0 Å². The van der Waals surface area contributed by atoms with Crippen LogP contribution in [0.1, 0.15) is 45.8 Å². The van der Waals surface area contributed by atoms with Crippen LogP contribution in [0.5, 0.6) is 0 Å². The van der Waals surface area contributed by atoms with Crippen molar-refractivity contribution in [1.82, 2.24) is 5.32 Å². The van der Waals surface area contributed by atoms with Crippen LogP contribution in [0.15, 0.2) is 28.7 Å². The molecule has 3 heteroatoms. The number of thiophene rings is 1. The highest BCUT2D eigenvalue weighted by Crippen LogP contribution is 2.34. The third-order valence-corrected chi connectivity index (χ3v) is 5.54. The number of benzene rings is 1. The van der Waals surface area contributed by atoms with Crippen LogP contribution in [-0.2, 0) is 0 Å². The first-order valence-corrected chi connectivity index (χ1v) is 8.69. The van der Waals surface area contributed by atoms with Crippen molar-refractivity contribution < 1.29 is 0 Å². The van der Waals surface area contributed by atoms with Gasteiger partial charge in [-0.3, -0.25) is 0 Å². The third kappa shape index (κ3) is 3.72. The van der Waals surface area contributed by atoms with Crippen LogP contribution in [0.3, 0.4) is 0 Å². The Morgan fingerprint density at radius 2 is 1.75 bits per heavy atom. The van der Waals surface area contributed by atoms with E-state index < -0.39 is 0 Å². The average Bonchev–Trinajstić information content (AvgIpc) is 2.69. The summed E-state index contributed by atoms with van der Waals surface area (Å²) in [6.45, 7) is 9.75. The molecule has 1 N–H and O–H groups in total. The molecule has 2 rings (SSSR count). The van der Waals surface area contributed by atoms with Crippen molar-refractivity contribution in [3.05, 3.63) is 55.2 Å². The van der Waals surface area contributed by atoms with Gasteiger partial charge in [0.25, 0.3) is 0 Å². The fourth-order valence-electron chi connectivity index (χ4n) is 2.47. The number of rotatable bonds is 5. The Hall–Kier alpha value is -0.640. The summed E-state index contributed by atoms with van der Waals surface area (Å²) in [4.78, 5) is 2.72. The molecule has 0 fully saturated rings. The molecule has 0 aliphatic heterocycles. The molecule has 0 amide bonds. The highest BCUT2D eigenvalue weighted by molar-refractivity contribution is 9.10. The van der Waals surface area contributed by atoms with E-state index in [-0.39, 0.29) is 0 Å². The van der Waals surface area contributed by atoms with Crippen molar-refractivity contribution in [2.75, 3.05) is 6.54 Å². The first-order chi connectivity index (χ1) is 9.51. The van der Waals surface area contributed by atoms with Crippen molar-refractivity contribution in [3.8, 4) is 0 Å². The van der Waals surface area contributed by atoms with Gasteiger partial charge in [-0.1, -0.05) is 36.2 Å². The Bertz CT molecular complexity index is 549. The summed E-state index contributed by atoms with van der Waals surface area (Å²) in [5.41, 5.74) is 4.02. The van der Waals surface area contributed by atoms with E-state index in [1.807, 2.05) is 11.3 Å². The lowest BCUT2D eigenvalue weighted by atomic mass is 10.00. The van der Waals surface area contributed by atoms with Gasteiger partial charge >= 0.3 is 0 Å². The molecule has 1 unspecified atom stereocenters. The van der Waals surface area contributed by atoms with Gasteiger partial charge in [0.05, 0.1) is 6.04 Å². The highest BCUT2D eigenvalue weighted by Gasteiger charge is 2.17. The van der Waals surface area contributed by atoms with E-state index in [1.165, 1.54) is 30.9 Å². The smallest absolute Gasteiger partial charge is 0.0671 e. The molecule has 108 valence electrons. The third-order valence-electron chi connectivity index (χ3n) is 3.34. The van der Waals surface area contributed by atoms with Crippen LogP contribution in [-0.4, -0.2) is 6.54 Å². The van der Waals surface area contributed by atoms with Crippen LogP contribution in [0.25, 0.3) is 0 Å². The minimum absolute atomic E-state index is 0.295. The molecule has 1 aromatic carbocycles. The summed E-state index contributed by atoms with van der Waals surface area (Å²) in [5.74, 6) is 0. The minimum atomic E-state index is 0.295. The van der Waals surface area contributed by atoms with Crippen LogP contribution < -0.4 is 5.32 Å². The fraction of sp³-hybridized carbons (Fsp3) is 0.412. The zero-order chi connectivity index (χ0) is 14.7. The van der Waals surface area contributed by atoms with Gasteiger partial charge in [0.15, 0.2) is 0 Å². The van der Waals surface area contributed by atoms with Gasteiger partial charge < -0.3 is 5.32 Å². The van der Waals surface area contributed by atoms with Gasteiger partial charge in [0.1, 0.15) is 0 Å². The van der Waals surface area contributed by atoms with Crippen LogP contribution in [0, 0.1) is 20.8 Å². The van der Waals surface area contributed by atoms with Gasteiger partial charge in [-0.15, -0.1) is 11.3 Å². The molecule has 0 saturated heterocycles. The van der Waals surface area contributed by atoms with Crippen LogP contribution in [0.2, 0.25) is 0 Å². The average molecular weight is 352 g/mol. The molecular weight excluding hydrogens is 330 g/mol. The Balaban J connectivity index is 2.40. The summed E-state index contributed by atoms with van der Waals surface area (Å²) in [5, 5.41) is 3.69. The van der Waals surface area contributed by atoms with Gasteiger partial charge in [-0.25, -0.2) is 0 Å². The quantitative estimate of drug-likeness (QED) is 0.747. The van der Waals surface area contributed by atoms with E-state index in [0.717, 1.165) is 13.0 Å². The molecule has 0 bridgehead atoms.